The molecule has 2 rings (SSSR count). The molecule has 7 heteroatoms. The van der Waals surface area contributed by atoms with Crippen molar-refractivity contribution in [3.63, 3.8) is 0 Å². The molecule has 6 nitrogen and oxygen atoms in total. The van der Waals surface area contributed by atoms with E-state index in [0.29, 0.717) is 23.3 Å². The molecular formula is C23H26FNO5. The zero-order chi connectivity index (χ0) is 22.1. The highest BCUT2D eigenvalue weighted by molar-refractivity contribution is 5.97. The van der Waals surface area contributed by atoms with Crippen LogP contribution in [-0.4, -0.2) is 37.4 Å². The van der Waals surface area contributed by atoms with E-state index in [1.54, 1.807) is 38.1 Å². The van der Waals surface area contributed by atoms with Crippen molar-refractivity contribution in [2.75, 3.05) is 13.7 Å². The van der Waals surface area contributed by atoms with Gasteiger partial charge in [0.05, 0.1) is 13.7 Å². The third-order valence-electron chi connectivity index (χ3n) is 4.52. The first-order chi connectivity index (χ1) is 14.3. The first-order valence-electron chi connectivity index (χ1n) is 9.72. The molecule has 2 aromatic carbocycles. The van der Waals surface area contributed by atoms with Crippen LogP contribution in [0.25, 0.3) is 0 Å². The molecule has 0 fully saturated rings. The molecule has 0 aliphatic rings. The summed E-state index contributed by atoms with van der Waals surface area (Å²) in [5, 5.41) is 2.69. The predicted octanol–water partition coefficient (Wildman–Crippen LogP) is 3.80. The Hall–Kier alpha value is -3.22. The highest BCUT2D eigenvalue weighted by Crippen LogP contribution is 2.13. The van der Waals surface area contributed by atoms with Crippen LogP contribution in [0.4, 0.5) is 4.39 Å². The number of esters is 1. The first kappa shape index (κ1) is 23.1. The molecule has 1 amide bonds. The molecule has 0 spiro atoms. The van der Waals surface area contributed by atoms with Gasteiger partial charge in [-0.15, -0.1) is 0 Å². The van der Waals surface area contributed by atoms with Crippen LogP contribution in [0.15, 0.2) is 48.5 Å². The number of ketones is 1. The Labute approximate surface area is 175 Å². The molecule has 0 aromatic heterocycles. The maximum absolute atomic E-state index is 12.9. The Morgan fingerprint density at radius 1 is 0.967 bits per heavy atom. The van der Waals surface area contributed by atoms with E-state index in [9.17, 15) is 18.8 Å². The van der Waals surface area contributed by atoms with Gasteiger partial charge in [-0.1, -0.05) is 13.8 Å². The minimum absolute atomic E-state index is 0.0490. The van der Waals surface area contributed by atoms with Crippen molar-refractivity contribution in [1.82, 2.24) is 5.32 Å². The second-order valence-corrected chi connectivity index (χ2v) is 7.12. The first-order valence-corrected chi connectivity index (χ1v) is 9.72. The lowest BCUT2D eigenvalue weighted by Crippen LogP contribution is -2.45. The summed E-state index contributed by atoms with van der Waals surface area (Å²) in [4.78, 5) is 36.9. The van der Waals surface area contributed by atoms with E-state index in [2.05, 4.69) is 5.32 Å². The lowest BCUT2D eigenvalue weighted by Gasteiger charge is -2.21. The summed E-state index contributed by atoms with van der Waals surface area (Å²) in [5.41, 5.74) is 0.814. The number of halogens is 1. The van der Waals surface area contributed by atoms with E-state index in [1.165, 1.54) is 31.4 Å². The van der Waals surface area contributed by atoms with E-state index in [-0.39, 0.29) is 30.6 Å². The molecule has 0 heterocycles. The summed E-state index contributed by atoms with van der Waals surface area (Å²) in [6.45, 7) is 3.66. The van der Waals surface area contributed by atoms with Gasteiger partial charge in [-0.25, -0.2) is 9.18 Å². The van der Waals surface area contributed by atoms with Gasteiger partial charge < -0.3 is 14.8 Å². The van der Waals surface area contributed by atoms with Crippen LogP contribution in [0, 0.1) is 11.7 Å². The minimum Gasteiger partial charge on any atom is -0.497 e. The molecule has 0 saturated heterocycles. The van der Waals surface area contributed by atoms with E-state index in [4.69, 9.17) is 9.47 Å². The molecule has 0 radical (unpaired) electrons. The quantitative estimate of drug-likeness (QED) is 0.363. The highest BCUT2D eigenvalue weighted by Gasteiger charge is 2.26. The molecular weight excluding hydrogens is 389 g/mol. The van der Waals surface area contributed by atoms with Crippen molar-refractivity contribution in [3.05, 3.63) is 65.5 Å². The van der Waals surface area contributed by atoms with Crippen LogP contribution in [-0.2, 0) is 9.53 Å². The third kappa shape index (κ3) is 6.69. The number of nitrogens with one attached hydrogen (secondary N) is 1. The van der Waals surface area contributed by atoms with Gasteiger partial charge in [-0.3, -0.25) is 9.59 Å². The Balaban J connectivity index is 1.83. The third-order valence-corrected chi connectivity index (χ3v) is 4.52. The summed E-state index contributed by atoms with van der Waals surface area (Å²) in [7, 11) is 1.53. The Kier molecular flexibility index (Phi) is 8.53. The smallest absolute Gasteiger partial charge is 0.328 e. The summed E-state index contributed by atoms with van der Waals surface area (Å²) < 4.78 is 23.2. The lowest BCUT2D eigenvalue weighted by atomic mass is 10.0. The summed E-state index contributed by atoms with van der Waals surface area (Å²) in [5.74, 6) is -1.06. The number of benzene rings is 2. The van der Waals surface area contributed by atoms with Crippen molar-refractivity contribution in [1.29, 1.82) is 0 Å². The molecule has 1 atom stereocenters. The van der Waals surface area contributed by atoms with Crippen molar-refractivity contribution in [2.45, 2.75) is 32.7 Å². The van der Waals surface area contributed by atoms with E-state index in [0.717, 1.165) is 0 Å². The monoisotopic (exact) mass is 415 g/mol. The molecule has 0 unspecified atom stereocenters. The standard InChI is InChI=1S/C23H26FNO5/c1-15(2)21(25-22(27)17-8-12-19(29-3)13-9-17)23(28)30-14-4-5-20(26)16-6-10-18(24)11-7-16/h6-13,15,21H,4-5,14H2,1-3H3,(H,25,27)/t21-/m0/s1. The number of rotatable bonds is 10. The topological polar surface area (TPSA) is 81.7 Å². The van der Waals surface area contributed by atoms with Crippen molar-refractivity contribution in [3.8, 4) is 5.75 Å². The lowest BCUT2D eigenvalue weighted by molar-refractivity contribution is -0.147. The number of Topliss-reactive ketones (excluding diaryl/α,β-unsaturated/α-hetero) is 1. The molecule has 1 N–H and O–H groups in total. The van der Waals surface area contributed by atoms with E-state index < -0.39 is 17.8 Å². The second-order valence-electron chi connectivity index (χ2n) is 7.12. The van der Waals surface area contributed by atoms with Crippen LogP contribution in [0.5, 0.6) is 5.75 Å². The molecule has 2 aromatic rings. The van der Waals surface area contributed by atoms with Crippen LogP contribution in [0.1, 0.15) is 47.4 Å². The number of ether oxygens (including phenoxy) is 2. The van der Waals surface area contributed by atoms with Gasteiger partial charge >= 0.3 is 5.97 Å². The Morgan fingerprint density at radius 2 is 1.57 bits per heavy atom. The second kappa shape index (κ2) is 11.1. The van der Waals surface area contributed by atoms with Crippen LogP contribution >= 0.6 is 0 Å². The average Bonchev–Trinajstić information content (AvgIpc) is 2.74. The minimum atomic E-state index is -0.813. The van der Waals surface area contributed by atoms with Crippen molar-refractivity contribution < 1.29 is 28.2 Å². The molecule has 0 saturated carbocycles. The number of hydrogen-bond acceptors (Lipinski definition) is 5. The number of amides is 1. The molecule has 30 heavy (non-hydrogen) atoms. The SMILES string of the molecule is COc1ccc(C(=O)N[C@H](C(=O)OCCCC(=O)c2ccc(F)cc2)C(C)C)cc1. The van der Waals surface area contributed by atoms with E-state index >= 15 is 0 Å². The van der Waals surface area contributed by atoms with Crippen LogP contribution in [0.3, 0.4) is 0 Å². The van der Waals surface area contributed by atoms with Gasteiger partial charge in [0, 0.05) is 17.5 Å². The number of methoxy groups -OCH3 is 1. The zero-order valence-corrected chi connectivity index (χ0v) is 17.3. The summed E-state index contributed by atoms with van der Waals surface area (Å²) >= 11 is 0. The Bertz CT molecular complexity index is 862. The van der Waals surface area contributed by atoms with Gasteiger partial charge in [0.15, 0.2) is 5.78 Å². The maximum Gasteiger partial charge on any atom is 0.328 e. The molecule has 0 aliphatic carbocycles. The van der Waals surface area contributed by atoms with Crippen molar-refractivity contribution in [2.24, 2.45) is 5.92 Å². The number of hydrogen-bond donors (Lipinski definition) is 1. The largest absolute Gasteiger partial charge is 0.497 e. The normalized spacial score (nSPS) is 11.6. The Morgan fingerprint density at radius 3 is 2.13 bits per heavy atom. The molecule has 160 valence electrons. The fourth-order valence-corrected chi connectivity index (χ4v) is 2.74. The van der Waals surface area contributed by atoms with E-state index in [1.807, 2.05) is 0 Å². The van der Waals surface area contributed by atoms with Crippen molar-refractivity contribution >= 4 is 17.7 Å². The van der Waals surface area contributed by atoms with Gasteiger partial charge in [-0.2, -0.15) is 0 Å². The highest BCUT2D eigenvalue weighted by atomic mass is 19.1. The average molecular weight is 415 g/mol. The van der Waals surface area contributed by atoms with Crippen LogP contribution in [0.2, 0.25) is 0 Å². The summed E-state index contributed by atoms with van der Waals surface area (Å²) in [6, 6.07) is 11.0. The molecule has 0 aliphatic heterocycles. The fourth-order valence-electron chi connectivity index (χ4n) is 2.74. The van der Waals surface area contributed by atoms with Gasteiger partial charge in [0.25, 0.3) is 5.91 Å². The number of carbonyl (C=O) groups excluding carboxylic acids is 3. The maximum atomic E-state index is 12.9. The molecule has 0 bridgehead atoms. The van der Waals surface area contributed by atoms with Gasteiger partial charge in [-0.05, 0) is 60.9 Å². The summed E-state index contributed by atoms with van der Waals surface area (Å²) in [6.07, 6.45) is 0.503. The predicted molar refractivity (Wildman–Crippen MR) is 110 cm³/mol. The van der Waals surface area contributed by atoms with Crippen LogP contribution < -0.4 is 10.1 Å². The fraction of sp³-hybridized carbons (Fsp3) is 0.348. The zero-order valence-electron chi connectivity index (χ0n) is 17.3. The number of carbonyl (C=O) groups is 3. The van der Waals surface area contributed by atoms with Gasteiger partial charge in [0.1, 0.15) is 17.6 Å². The van der Waals surface area contributed by atoms with Gasteiger partial charge in [0.2, 0.25) is 0 Å².